The summed E-state index contributed by atoms with van der Waals surface area (Å²) in [5.41, 5.74) is 3.68. The molecule has 35 heavy (non-hydrogen) atoms. The molecule has 9 nitrogen and oxygen atoms in total. The number of anilines is 1. The molecule has 0 unspecified atom stereocenters. The van der Waals surface area contributed by atoms with E-state index in [0.717, 1.165) is 28.5 Å². The highest BCUT2D eigenvalue weighted by Crippen LogP contribution is 2.31. The SMILES string of the molecule is COCCNC(=O)NC(=O)CSC1=N/C(=C\c2ccc(OC)cc2)C(=O)N1c1cc(C)cc(C)c1. The first kappa shape index (κ1) is 26.0. The van der Waals surface area contributed by atoms with Crippen LogP contribution in [0.5, 0.6) is 5.75 Å². The van der Waals surface area contributed by atoms with Crippen LogP contribution in [0.4, 0.5) is 10.5 Å². The zero-order valence-electron chi connectivity index (χ0n) is 20.1. The highest BCUT2D eigenvalue weighted by Gasteiger charge is 2.32. The van der Waals surface area contributed by atoms with Gasteiger partial charge in [-0.3, -0.25) is 19.8 Å². The lowest BCUT2D eigenvalue weighted by Gasteiger charge is -2.19. The second kappa shape index (κ2) is 12.2. The minimum atomic E-state index is -0.608. The number of urea groups is 1. The van der Waals surface area contributed by atoms with Crippen LogP contribution in [0.25, 0.3) is 6.08 Å². The summed E-state index contributed by atoms with van der Waals surface area (Å²) in [4.78, 5) is 43.5. The summed E-state index contributed by atoms with van der Waals surface area (Å²) in [7, 11) is 3.10. The van der Waals surface area contributed by atoms with Gasteiger partial charge >= 0.3 is 6.03 Å². The molecule has 10 heteroatoms. The third-order valence-electron chi connectivity index (χ3n) is 4.89. The lowest BCUT2D eigenvalue weighted by atomic mass is 10.1. The normalized spacial score (nSPS) is 14.2. The van der Waals surface area contributed by atoms with Crippen LogP contribution >= 0.6 is 11.8 Å². The molecular formula is C25H28N4O5S. The van der Waals surface area contributed by atoms with Crippen LogP contribution in [0.2, 0.25) is 0 Å². The number of carbonyl (C=O) groups excluding carboxylic acids is 3. The molecule has 0 saturated carbocycles. The first-order valence-corrected chi connectivity index (χ1v) is 11.9. The van der Waals surface area contributed by atoms with Crippen molar-refractivity contribution in [3.63, 3.8) is 0 Å². The van der Waals surface area contributed by atoms with Gasteiger partial charge in [0.05, 0.1) is 25.2 Å². The fourth-order valence-corrected chi connectivity index (χ4v) is 4.17. The Hall–Kier alpha value is -3.63. The number of hydrogen-bond donors (Lipinski definition) is 2. The van der Waals surface area contributed by atoms with Crippen LogP contribution in [0.3, 0.4) is 0 Å². The second-order valence-electron chi connectivity index (χ2n) is 7.77. The number of amides is 4. The Morgan fingerprint density at radius 1 is 1.09 bits per heavy atom. The molecule has 0 saturated heterocycles. The van der Waals surface area contributed by atoms with Crippen molar-refractivity contribution in [2.45, 2.75) is 13.8 Å². The van der Waals surface area contributed by atoms with Crippen molar-refractivity contribution < 1.29 is 23.9 Å². The van der Waals surface area contributed by atoms with E-state index in [4.69, 9.17) is 9.47 Å². The van der Waals surface area contributed by atoms with Crippen molar-refractivity contribution in [3.8, 4) is 5.75 Å². The third kappa shape index (κ3) is 7.17. The summed E-state index contributed by atoms with van der Waals surface area (Å²) in [5, 5.41) is 5.14. The molecule has 0 bridgehead atoms. The van der Waals surface area contributed by atoms with Crippen molar-refractivity contribution in [1.82, 2.24) is 10.6 Å². The number of imide groups is 1. The van der Waals surface area contributed by atoms with E-state index in [2.05, 4.69) is 15.6 Å². The van der Waals surface area contributed by atoms with Crippen molar-refractivity contribution in [2.24, 2.45) is 4.99 Å². The molecular weight excluding hydrogens is 468 g/mol. The standard InChI is InChI=1S/C25H28N4O5S/c1-16-11-17(2)13-19(12-16)29-23(31)21(14-18-5-7-20(34-4)8-6-18)27-25(29)35-15-22(30)28-24(32)26-9-10-33-3/h5-8,11-14H,9-10,15H2,1-4H3,(H2,26,28,30,32)/b21-14-. The molecule has 0 aromatic heterocycles. The molecule has 3 rings (SSSR count). The van der Waals surface area contributed by atoms with E-state index in [9.17, 15) is 14.4 Å². The predicted molar refractivity (Wildman–Crippen MR) is 138 cm³/mol. The van der Waals surface area contributed by atoms with E-state index in [-0.39, 0.29) is 23.9 Å². The maximum Gasteiger partial charge on any atom is 0.321 e. The van der Waals surface area contributed by atoms with Crippen LogP contribution in [0, 0.1) is 13.8 Å². The molecule has 2 aromatic carbocycles. The van der Waals surface area contributed by atoms with Gasteiger partial charge < -0.3 is 14.8 Å². The van der Waals surface area contributed by atoms with E-state index in [1.54, 1.807) is 25.3 Å². The summed E-state index contributed by atoms with van der Waals surface area (Å²) < 4.78 is 10.0. The van der Waals surface area contributed by atoms with Gasteiger partial charge in [-0.2, -0.15) is 0 Å². The van der Waals surface area contributed by atoms with Crippen LogP contribution in [0.15, 0.2) is 53.2 Å². The maximum absolute atomic E-state index is 13.4. The van der Waals surface area contributed by atoms with E-state index in [1.807, 2.05) is 44.2 Å². The number of amidine groups is 1. The minimum Gasteiger partial charge on any atom is -0.497 e. The number of ether oxygens (including phenoxy) is 2. The number of carbonyl (C=O) groups is 3. The molecule has 4 amide bonds. The summed E-state index contributed by atoms with van der Waals surface area (Å²) in [6.07, 6.45) is 1.69. The zero-order chi connectivity index (χ0) is 25.4. The highest BCUT2D eigenvalue weighted by molar-refractivity contribution is 8.14. The molecule has 0 aliphatic carbocycles. The highest BCUT2D eigenvalue weighted by atomic mass is 32.2. The molecule has 0 fully saturated rings. The van der Waals surface area contributed by atoms with Crippen LogP contribution in [-0.4, -0.2) is 56.1 Å². The maximum atomic E-state index is 13.4. The van der Waals surface area contributed by atoms with Crippen LogP contribution < -0.4 is 20.3 Å². The van der Waals surface area contributed by atoms with Crippen molar-refractivity contribution in [1.29, 1.82) is 0 Å². The van der Waals surface area contributed by atoms with E-state index >= 15 is 0 Å². The smallest absolute Gasteiger partial charge is 0.321 e. The Balaban J connectivity index is 1.81. The largest absolute Gasteiger partial charge is 0.497 e. The fraction of sp³-hybridized carbons (Fsp3) is 0.280. The monoisotopic (exact) mass is 496 g/mol. The number of nitrogens with zero attached hydrogens (tertiary/aromatic N) is 2. The quantitative estimate of drug-likeness (QED) is 0.429. The molecule has 0 atom stereocenters. The van der Waals surface area contributed by atoms with Crippen LogP contribution in [-0.2, 0) is 14.3 Å². The molecule has 184 valence electrons. The Labute approximate surface area is 208 Å². The van der Waals surface area contributed by atoms with Gasteiger partial charge in [-0.05, 0) is 60.9 Å². The van der Waals surface area contributed by atoms with Gasteiger partial charge in [0.2, 0.25) is 5.91 Å². The van der Waals surface area contributed by atoms with E-state index in [1.165, 1.54) is 12.0 Å². The zero-order valence-corrected chi connectivity index (χ0v) is 20.9. The first-order chi connectivity index (χ1) is 16.8. The van der Waals surface area contributed by atoms with Gasteiger partial charge in [-0.1, -0.05) is 30.0 Å². The molecule has 0 radical (unpaired) electrons. The van der Waals surface area contributed by atoms with Gasteiger partial charge in [0.1, 0.15) is 11.4 Å². The first-order valence-electron chi connectivity index (χ1n) is 10.9. The summed E-state index contributed by atoms with van der Waals surface area (Å²) in [6, 6.07) is 12.4. The van der Waals surface area contributed by atoms with Gasteiger partial charge in [0.15, 0.2) is 5.17 Å². The molecule has 1 aliphatic rings. The summed E-state index contributed by atoms with van der Waals surface area (Å²) in [6.45, 7) is 4.52. The number of nitrogens with one attached hydrogen (secondary N) is 2. The van der Waals surface area contributed by atoms with Crippen LogP contribution in [0.1, 0.15) is 16.7 Å². The van der Waals surface area contributed by atoms with Gasteiger partial charge in [-0.25, -0.2) is 9.79 Å². The van der Waals surface area contributed by atoms with Crippen molar-refractivity contribution in [2.75, 3.05) is 38.0 Å². The second-order valence-corrected chi connectivity index (χ2v) is 8.71. The average Bonchev–Trinajstić information content (AvgIpc) is 3.12. The molecule has 2 N–H and O–H groups in total. The van der Waals surface area contributed by atoms with Gasteiger partial charge in [0, 0.05) is 13.7 Å². The average molecular weight is 497 g/mol. The third-order valence-corrected chi connectivity index (χ3v) is 5.83. The predicted octanol–water partition coefficient (Wildman–Crippen LogP) is 3.26. The molecule has 0 spiro atoms. The number of rotatable bonds is 8. The Morgan fingerprint density at radius 3 is 2.40 bits per heavy atom. The minimum absolute atomic E-state index is 0.0963. The molecule has 1 heterocycles. The molecule has 2 aromatic rings. The number of hydrogen-bond acceptors (Lipinski definition) is 7. The van der Waals surface area contributed by atoms with Crippen molar-refractivity contribution >= 4 is 46.5 Å². The Morgan fingerprint density at radius 2 is 1.77 bits per heavy atom. The topological polar surface area (TPSA) is 109 Å². The van der Waals surface area contributed by atoms with Gasteiger partial charge in [-0.15, -0.1) is 0 Å². The van der Waals surface area contributed by atoms with Crippen molar-refractivity contribution in [3.05, 3.63) is 64.9 Å². The van der Waals surface area contributed by atoms with E-state index in [0.29, 0.717) is 23.2 Å². The fourth-order valence-electron chi connectivity index (χ4n) is 3.36. The van der Waals surface area contributed by atoms with Gasteiger partial charge in [0.25, 0.3) is 5.91 Å². The number of aryl methyl sites for hydroxylation is 2. The lowest BCUT2D eigenvalue weighted by Crippen LogP contribution is -2.42. The summed E-state index contributed by atoms with van der Waals surface area (Å²) in [5.74, 6) is -0.196. The number of aliphatic imine (C=N–C) groups is 1. The Kier molecular flexibility index (Phi) is 9.04. The van der Waals surface area contributed by atoms with E-state index < -0.39 is 11.9 Å². The molecule has 1 aliphatic heterocycles. The number of thioether (sulfide) groups is 1. The summed E-state index contributed by atoms with van der Waals surface area (Å²) >= 11 is 1.08. The number of benzene rings is 2. The number of methoxy groups -OCH3 is 2. The lowest BCUT2D eigenvalue weighted by molar-refractivity contribution is -0.117. The Bertz CT molecular complexity index is 1140.